The number of ether oxygens (including phenoxy) is 3. The molecule has 0 unspecified atom stereocenters. The van der Waals surface area contributed by atoms with Crippen molar-refractivity contribution in [2.75, 3.05) is 19.8 Å². The van der Waals surface area contributed by atoms with Crippen molar-refractivity contribution in [2.45, 2.75) is 89.0 Å². The molecule has 2 atom stereocenters. The first-order valence-corrected chi connectivity index (χ1v) is 11.7. The van der Waals surface area contributed by atoms with Crippen molar-refractivity contribution in [3.05, 3.63) is 17.8 Å². The lowest BCUT2D eigenvalue weighted by Gasteiger charge is -2.35. The van der Waals surface area contributed by atoms with E-state index < -0.39 is 24.3 Å². The van der Waals surface area contributed by atoms with Gasteiger partial charge in [0.15, 0.2) is 6.61 Å². The van der Waals surface area contributed by atoms with Crippen LogP contribution in [0.25, 0.3) is 0 Å². The normalized spacial score (nSPS) is 25.8. The lowest BCUT2D eigenvalue weighted by Crippen LogP contribution is -2.56. The standard InChI is InChI=1S/C23H36N4O6/c1-23(2,3)33-22(30)26-18-5-4-11-24-19(18)13-31-16-8-6-15(7-9-16)17-10-12-25-27-21(17)32-14-20(28)29/h10,12,15-16,18-19,24H,4-9,11,13-14H2,1-3H3,(H,26,30)(H,28,29)/t15-,16+,18-,19-/m0/s1. The second-order valence-electron chi connectivity index (χ2n) is 9.74. The van der Waals surface area contributed by atoms with Crippen LogP contribution in [-0.2, 0) is 14.3 Å². The van der Waals surface area contributed by atoms with Gasteiger partial charge in [0, 0.05) is 11.6 Å². The number of alkyl carbamates (subject to hydrolysis) is 1. The number of aromatic nitrogens is 2. The van der Waals surface area contributed by atoms with Crippen LogP contribution in [0.1, 0.15) is 70.8 Å². The summed E-state index contributed by atoms with van der Waals surface area (Å²) in [6.07, 6.45) is 6.83. The summed E-state index contributed by atoms with van der Waals surface area (Å²) in [5, 5.41) is 23.1. The molecule has 1 aromatic heterocycles. The van der Waals surface area contributed by atoms with Gasteiger partial charge in [-0.05, 0) is 77.8 Å². The van der Waals surface area contributed by atoms with Crippen LogP contribution in [0.5, 0.6) is 5.88 Å². The topological polar surface area (TPSA) is 132 Å². The fourth-order valence-electron chi connectivity index (χ4n) is 4.42. The predicted octanol–water partition coefficient (Wildman–Crippen LogP) is 2.63. The van der Waals surface area contributed by atoms with Crippen molar-refractivity contribution in [3.8, 4) is 5.88 Å². The Morgan fingerprint density at radius 2 is 1.97 bits per heavy atom. The number of piperidine rings is 1. The van der Waals surface area contributed by atoms with E-state index in [1.807, 2.05) is 26.8 Å². The summed E-state index contributed by atoms with van der Waals surface area (Å²) in [7, 11) is 0. The molecule has 1 saturated carbocycles. The minimum atomic E-state index is -1.04. The first-order chi connectivity index (χ1) is 15.7. The van der Waals surface area contributed by atoms with Gasteiger partial charge in [0.05, 0.1) is 24.9 Å². The Balaban J connectivity index is 1.47. The number of carbonyl (C=O) groups is 2. The Labute approximate surface area is 194 Å². The van der Waals surface area contributed by atoms with Crippen LogP contribution in [0, 0.1) is 0 Å². The molecule has 1 aliphatic carbocycles. The highest BCUT2D eigenvalue weighted by atomic mass is 16.6. The van der Waals surface area contributed by atoms with E-state index in [2.05, 4.69) is 20.8 Å². The molecule has 1 saturated heterocycles. The van der Waals surface area contributed by atoms with Crippen LogP contribution >= 0.6 is 0 Å². The number of rotatable bonds is 8. The van der Waals surface area contributed by atoms with E-state index in [1.165, 1.54) is 0 Å². The lowest BCUT2D eigenvalue weighted by molar-refractivity contribution is -0.139. The predicted molar refractivity (Wildman–Crippen MR) is 120 cm³/mol. The monoisotopic (exact) mass is 464 g/mol. The van der Waals surface area contributed by atoms with E-state index >= 15 is 0 Å². The molecule has 184 valence electrons. The Hall–Kier alpha value is -2.46. The van der Waals surface area contributed by atoms with Gasteiger partial charge in [0.2, 0.25) is 5.88 Å². The van der Waals surface area contributed by atoms with Gasteiger partial charge >= 0.3 is 12.1 Å². The summed E-state index contributed by atoms with van der Waals surface area (Å²) in [4.78, 5) is 23.0. The molecule has 33 heavy (non-hydrogen) atoms. The van der Waals surface area contributed by atoms with Gasteiger partial charge in [0.25, 0.3) is 0 Å². The summed E-state index contributed by atoms with van der Waals surface area (Å²) in [6.45, 7) is 6.56. The molecular formula is C23H36N4O6. The third kappa shape index (κ3) is 8.12. The number of hydrogen-bond acceptors (Lipinski definition) is 8. The van der Waals surface area contributed by atoms with Crippen LogP contribution in [0.2, 0.25) is 0 Å². The molecule has 1 amide bonds. The average Bonchev–Trinajstić information content (AvgIpc) is 2.76. The highest BCUT2D eigenvalue weighted by Gasteiger charge is 2.31. The van der Waals surface area contributed by atoms with Gasteiger partial charge in [-0.1, -0.05) is 0 Å². The number of amides is 1. The van der Waals surface area contributed by atoms with Crippen LogP contribution in [0.4, 0.5) is 4.79 Å². The Bertz CT molecular complexity index is 791. The summed E-state index contributed by atoms with van der Waals surface area (Å²) < 4.78 is 17.0. The molecule has 0 spiro atoms. The van der Waals surface area contributed by atoms with E-state index in [0.717, 1.165) is 50.6 Å². The van der Waals surface area contributed by atoms with Gasteiger partial charge in [-0.2, -0.15) is 5.10 Å². The first-order valence-electron chi connectivity index (χ1n) is 11.7. The number of carboxylic acids is 1. The van der Waals surface area contributed by atoms with E-state index in [-0.39, 0.29) is 24.1 Å². The van der Waals surface area contributed by atoms with Crippen LogP contribution < -0.4 is 15.4 Å². The molecule has 3 rings (SSSR count). The maximum atomic E-state index is 12.2. The second kappa shape index (κ2) is 11.6. The maximum absolute atomic E-state index is 12.2. The zero-order chi connectivity index (χ0) is 23.8. The average molecular weight is 465 g/mol. The summed E-state index contributed by atoms with van der Waals surface area (Å²) in [6, 6.07) is 1.88. The number of carbonyl (C=O) groups excluding carboxylic acids is 1. The zero-order valence-electron chi connectivity index (χ0n) is 19.7. The number of nitrogens with zero attached hydrogens (tertiary/aromatic N) is 2. The number of carboxylic acid groups (broad SMARTS) is 1. The third-order valence-electron chi connectivity index (χ3n) is 5.96. The Kier molecular flexibility index (Phi) is 8.85. The van der Waals surface area contributed by atoms with Crippen molar-refractivity contribution >= 4 is 12.1 Å². The highest BCUT2D eigenvalue weighted by molar-refractivity contribution is 5.68. The van der Waals surface area contributed by atoms with Crippen molar-refractivity contribution in [1.82, 2.24) is 20.8 Å². The maximum Gasteiger partial charge on any atom is 0.407 e. The minimum absolute atomic E-state index is 0.0261. The van der Waals surface area contributed by atoms with Gasteiger partial charge in [-0.15, -0.1) is 5.10 Å². The molecule has 10 heteroatoms. The Morgan fingerprint density at radius 3 is 2.67 bits per heavy atom. The molecule has 0 bridgehead atoms. The van der Waals surface area contributed by atoms with Gasteiger partial charge in [-0.25, -0.2) is 9.59 Å². The molecule has 2 heterocycles. The number of nitrogens with one attached hydrogen (secondary N) is 2. The minimum Gasteiger partial charge on any atom is -0.479 e. The van der Waals surface area contributed by atoms with Crippen molar-refractivity contribution in [3.63, 3.8) is 0 Å². The number of hydrogen-bond donors (Lipinski definition) is 3. The quantitative estimate of drug-likeness (QED) is 0.531. The van der Waals surface area contributed by atoms with E-state index in [9.17, 15) is 9.59 Å². The SMILES string of the molecule is CC(C)(C)OC(=O)N[C@H]1CCCN[C@H]1CO[C@H]1CC[C@@H](c2ccnnc2OCC(=O)O)CC1. The molecule has 1 aromatic rings. The summed E-state index contributed by atoms with van der Waals surface area (Å²) in [5.41, 5.74) is 0.375. The lowest BCUT2D eigenvalue weighted by atomic mass is 9.83. The van der Waals surface area contributed by atoms with E-state index in [0.29, 0.717) is 12.5 Å². The zero-order valence-corrected chi connectivity index (χ0v) is 19.7. The fourth-order valence-corrected chi connectivity index (χ4v) is 4.42. The second-order valence-corrected chi connectivity index (χ2v) is 9.74. The summed E-state index contributed by atoms with van der Waals surface area (Å²) in [5.74, 6) is -0.509. The molecule has 10 nitrogen and oxygen atoms in total. The van der Waals surface area contributed by atoms with Crippen molar-refractivity contribution < 1.29 is 28.9 Å². The molecule has 3 N–H and O–H groups in total. The molecule has 0 aromatic carbocycles. The van der Waals surface area contributed by atoms with Crippen LogP contribution in [0.3, 0.4) is 0 Å². The van der Waals surface area contributed by atoms with E-state index in [1.54, 1.807) is 6.20 Å². The van der Waals surface area contributed by atoms with Crippen LogP contribution in [0.15, 0.2) is 12.3 Å². The largest absolute Gasteiger partial charge is 0.479 e. The van der Waals surface area contributed by atoms with Gasteiger partial charge in [0.1, 0.15) is 5.60 Å². The molecule has 2 fully saturated rings. The van der Waals surface area contributed by atoms with Gasteiger partial charge < -0.3 is 30.0 Å². The van der Waals surface area contributed by atoms with Gasteiger partial charge in [-0.3, -0.25) is 0 Å². The number of aliphatic carboxylic acids is 1. The fraction of sp³-hybridized carbons (Fsp3) is 0.739. The smallest absolute Gasteiger partial charge is 0.407 e. The molecular weight excluding hydrogens is 428 g/mol. The van der Waals surface area contributed by atoms with Crippen molar-refractivity contribution in [1.29, 1.82) is 0 Å². The Morgan fingerprint density at radius 1 is 1.21 bits per heavy atom. The molecule has 1 aliphatic heterocycles. The van der Waals surface area contributed by atoms with E-state index in [4.69, 9.17) is 19.3 Å². The molecule has 2 aliphatic rings. The first kappa shape index (κ1) is 25.2. The highest BCUT2D eigenvalue weighted by Crippen LogP contribution is 2.37. The third-order valence-corrected chi connectivity index (χ3v) is 5.96. The summed E-state index contributed by atoms with van der Waals surface area (Å²) >= 11 is 0. The van der Waals surface area contributed by atoms with Crippen LogP contribution in [-0.4, -0.2) is 70.9 Å². The van der Waals surface area contributed by atoms with Crippen molar-refractivity contribution in [2.24, 2.45) is 0 Å². The molecule has 0 radical (unpaired) electrons.